The van der Waals surface area contributed by atoms with Gasteiger partial charge in [-0.1, -0.05) is 37.7 Å². The number of benzene rings is 1. The van der Waals surface area contributed by atoms with Crippen LogP contribution >= 0.6 is 11.8 Å². The van der Waals surface area contributed by atoms with Crippen molar-refractivity contribution in [3.05, 3.63) is 36.2 Å². The average molecular weight is 292 g/mol. The lowest BCUT2D eigenvalue weighted by Gasteiger charge is -2.08. The zero-order chi connectivity index (χ0) is 14.4. The van der Waals surface area contributed by atoms with Crippen molar-refractivity contribution in [2.75, 3.05) is 12.4 Å². The Morgan fingerprint density at radius 2 is 2.05 bits per heavy atom. The number of thioether (sulfide) groups is 1. The number of hydrogen-bond acceptors (Lipinski definition) is 5. The minimum absolute atomic E-state index is 0.666. The molecule has 0 unspecified atom stereocenters. The van der Waals surface area contributed by atoms with Crippen molar-refractivity contribution in [1.82, 2.24) is 14.9 Å². The Bertz CT molecular complexity index is 524. The van der Waals surface area contributed by atoms with Crippen LogP contribution in [0.4, 0.5) is 0 Å². The minimum atomic E-state index is 0.666. The topological polar surface area (TPSA) is 66.0 Å². The second kappa shape index (κ2) is 7.19. The van der Waals surface area contributed by atoms with Crippen LogP contribution < -0.4 is 10.6 Å². The van der Waals surface area contributed by atoms with Gasteiger partial charge in [0.15, 0.2) is 0 Å². The highest BCUT2D eigenvalue weighted by atomic mass is 32.2. The van der Waals surface area contributed by atoms with Crippen LogP contribution in [0.2, 0.25) is 0 Å². The minimum Gasteiger partial charge on any atom is -0.494 e. The molecule has 0 aliphatic heterocycles. The van der Waals surface area contributed by atoms with E-state index in [1.807, 2.05) is 12.1 Å². The number of nitrogens with two attached hydrogens (primary N) is 1. The van der Waals surface area contributed by atoms with E-state index in [0.29, 0.717) is 11.1 Å². The molecule has 0 aliphatic rings. The van der Waals surface area contributed by atoms with Gasteiger partial charge >= 0.3 is 0 Å². The van der Waals surface area contributed by atoms with E-state index < -0.39 is 0 Å². The molecule has 1 aromatic heterocycles. The zero-order valence-electron chi connectivity index (χ0n) is 11.8. The van der Waals surface area contributed by atoms with Gasteiger partial charge in [0.05, 0.1) is 6.61 Å². The molecule has 0 aliphatic carbocycles. The third kappa shape index (κ3) is 4.45. The van der Waals surface area contributed by atoms with Gasteiger partial charge in [-0.2, -0.15) is 0 Å². The summed E-state index contributed by atoms with van der Waals surface area (Å²) in [6.07, 6.45) is 2.57. The molecule has 0 bridgehead atoms. The first-order chi connectivity index (χ1) is 9.65. The summed E-state index contributed by atoms with van der Waals surface area (Å²) in [5.74, 6) is 8.05. The molecule has 1 aromatic carbocycles. The summed E-state index contributed by atoms with van der Waals surface area (Å²) in [6.45, 7) is 5.15. The SMILES string of the molecule is CC(C)CCOc1ccc(CSc2nncn2N)cc1. The molecular weight excluding hydrogens is 272 g/mol. The molecule has 2 rings (SSSR count). The lowest BCUT2D eigenvalue weighted by Crippen LogP contribution is -2.07. The average Bonchev–Trinajstić information content (AvgIpc) is 2.83. The third-order valence-electron chi connectivity index (χ3n) is 2.80. The van der Waals surface area contributed by atoms with Gasteiger partial charge in [0.1, 0.15) is 12.1 Å². The number of nitrogens with zero attached hydrogens (tertiary/aromatic N) is 3. The van der Waals surface area contributed by atoms with Crippen molar-refractivity contribution in [3.63, 3.8) is 0 Å². The Balaban J connectivity index is 1.81. The molecule has 5 nitrogen and oxygen atoms in total. The highest BCUT2D eigenvalue weighted by molar-refractivity contribution is 7.98. The highest BCUT2D eigenvalue weighted by Gasteiger charge is 2.03. The maximum absolute atomic E-state index is 5.69. The van der Waals surface area contributed by atoms with Gasteiger partial charge < -0.3 is 10.6 Å². The molecule has 0 spiro atoms. The largest absolute Gasteiger partial charge is 0.494 e. The zero-order valence-corrected chi connectivity index (χ0v) is 12.6. The van der Waals surface area contributed by atoms with Gasteiger partial charge in [0.25, 0.3) is 0 Å². The molecule has 6 heteroatoms. The summed E-state index contributed by atoms with van der Waals surface area (Å²) < 4.78 is 7.11. The first-order valence-electron chi connectivity index (χ1n) is 6.65. The van der Waals surface area contributed by atoms with E-state index >= 15 is 0 Å². The molecule has 108 valence electrons. The quantitative estimate of drug-likeness (QED) is 0.628. The summed E-state index contributed by atoms with van der Waals surface area (Å²) in [5.41, 5.74) is 1.20. The third-order valence-corrected chi connectivity index (χ3v) is 3.82. The Hall–Kier alpha value is -1.69. The van der Waals surface area contributed by atoms with Gasteiger partial charge in [0.2, 0.25) is 5.16 Å². The summed E-state index contributed by atoms with van der Waals surface area (Å²) in [4.78, 5) is 0. The molecule has 0 amide bonds. The van der Waals surface area contributed by atoms with E-state index in [1.165, 1.54) is 16.6 Å². The van der Waals surface area contributed by atoms with E-state index in [1.54, 1.807) is 11.8 Å². The van der Waals surface area contributed by atoms with Crippen molar-refractivity contribution in [3.8, 4) is 5.75 Å². The normalized spacial score (nSPS) is 10.9. The summed E-state index contributed by atoms with van der Waals surface area (Å²) >= 11 is 1.56. The highest BCUT2D eigenvalue weighted by Crippen LogP contribution is 2.21. The smallest absolute Gasteiger partial charge is 0.209 e. The van der Waals surface area contributed by atoms with Crippen LogP contribution in [0.25, 0.3) is 0 Å². The van der Waals surface area contributed by atoms with Gasteiger partial charge in [-0.15, -0.1) is 10.2 Å². The standard InChI is InChI=1S/C14H20N4OS/c1-11(2)7-8-19-13-5-3-12(4-6-13)9-20-14-17-16-10-18(14)15/h3-6,10-11H,7-9,15H2,1-2H3. The summed E-state index contributed by atoms with van der Waals surface area (Å²) in [5, 5.41) is 8.39. The van der Waals surface area contributed by atoms with Crippen LogP contribution in [0, 0.1) is 5.92 Å². The van der Waals surface area contributed by atoms with Crippen molar-refractivity contribution >= 4 is 11.8 Å². The van der Waals surface area contributed by atoms with Gasteiger partial charge in [-0.25, -0.2) is 4.68 Å². The maximum Gasteiger partial charge on any atom is 0.209 e. The second-order valence-corrected chi connectivity index (χ2v) is 5.93. The predicted molar refractivity (Wildman–Crippen MR) is 81.1 cm³/mol. The lowest BCUT2D eigenvalue weighted by atomic mass is 10.1. The van der Waals surface area contributed by atoms with Crippen molar-refractivity contribution in [1.29, 1.82) is 0 Å². The van der Waals surface area contributed by atoms with E-state index in [0.717, 1.165) is 24.5 Å². The Kier molecular flexibility index (Phi) is 5.29. The van der Waals surface area contributed by atoms with Crippen molar-refractivity contribution in [2.45, 2.75) is 31.2 Å². The second-order valence-electron chi connectivity index (χ2n) is 4.98. The number of ether oxygens (including phenoxy) is 1. The number of aromatic nitrogens is 3. The molecular formula is C14H20N4OS. The van der Waals surface area contributed by atoms with E-state index in [-0.39, 0.29) is 0 Å². The van der Waals surface area contributed by atoms with Crippen LogP contribution in [0.5, 0.6) is 5.75 Å². The molecule has 0 saturated carbocycles. The van der Waals surface area contributed by atoms with Crippen molar-refractivity contribution in [2.24, 2.45) is 5.92 Å². The van der Waals surface area contributed by atoms with Gasteiger partial charge in [-0.3, -0.25) is 0 Å². The molecule has 0 radical (unpaired) electrons. The molecule has 0 fully saturated rings. The van der Waals surface area contributed by atoms with E-state index in [4.69, 9.17) is 10.6 Å². The fourth-order valence-corrected chi connectivity index (χ4v) is 2.37. The van der Waals surface area contributed by atoms with Crippen LogP contribution in [-0.2, 0) is 5.75 Å². The molecule has 0 atom stereocenters. The summed E-state index contributed by atoms with van der Waals surface area (Å²) in [7, 11) is 0. The summed E-state index contributed by atoms with van der Waals surface area (Å²) in [6, 6.07) is 8.14. The van der Waals surface area contributed by atoms with Crippen molar-refractivity contribution < 1.29 is 4.74 Å². The molecule has 0 saturated heterocycles. The fraction of sp³-hybridized carbons (Fsp3) is 0.429. The van der Waals surface area contributed by atoms with Crippen LogP contribution in [0.15, 0.2) is 35.7 Å². The van der Waals surface area contributed by atoms with Gasteiger partial charge in [0, 0.05) is 5.75 Å². The Morgan fingerprint density at radius 3 is 2.65 bits per heavy atom. The lowest BCUT2D eigenvalue weighted by molar-refractivity contribution is 0.289. The monoisotopic (exact) mass is 292 g/mol. The first kappa shape index (κ1) is 14.7. The number of nitrogen functional groups attached to an aromatic ring is 1. The molecule has 2 aromatic rings. The van der Waals surface area contributed by atoms with Crippen LogP contribution in [0.3, 0.4) is 0 Å². The van der Waals surface area contributed by atoms with E-state index in [2.05, 4.69) is 36.2 Å². The molecule has 1 heterocycles. The fourth-order valence-electron chi connectivity index (χ4n) is 1.58. The van der Waals surface area contributed by atoms with Crippen LogP contribution in [-0.4, -0.2) is 21.5 Å². The number of rotatable bonds is 7. The van der Waals surface area contributed by atoms with E-state index in [9.17, 15) is 0 Å². The predicted octanol–water partition coefficient (Wildman–Crippen LogP) is 2.71. The first-order valence-corrected chi connectivity index (χ1v) is 7.63. The van der Waals surface area contributed by atoms with Crippen LogP contribution in [0.1, 0.15) is 25.8 Å². The maximum atomic E-state index is 5.69. The van der Waals surface area contributed by atoms with Gasteiger partial charge in [-0.05, 0) is 30.0 Å². The molecule has 20 heavy (non-hydrogen) atoms. The molecule has 2 N–H and O–H groups in total. The number of hydrogen-bond donors (Lipinski definition) is 1. The Morgan fingerprint density at radius 1 is 1.30 bits per heavy atom. The Labute approximate surface area is 123 Å².